The Morgan fingerprint density at radius 2 is 2.17 bits per heavy atom. The van der Waals surface area contributed by atoms with Crippen molar-refractivity contribution in [3.8, 4) is 0 Å². The molecular formula is C14H26N2O2. The third kappa shape index (κ3) is 3.95. The molecule has 0 aliphatic carbocycles. The monoisotopic (exact) mass is 254 g/mol. The molecule has 2 rings (SSSR count). The fourth-order valence-corrected chi connectivity index (χ4v) is 2.92. The summed E-state index contributed by atoms with van der Waals surface area (Å²) in [6.07, 6.45) is 6.03. The summed E-state index contributed by atoms with van der Waals surface area (Å²) in [5, 5.41) is 0. The van der Waals surface area contributed by atoms with E-state index in [4.69, 9.17) is 4.74 Å². The van der Waals surface area contributed by atoms with E-state index in [-0.39, 0.29) is 5.97 Å². The van der Waals surface area contributed by atoms with Crippen LogP contribution in [-0.4, -0.2) is 61.1 Å². The highest BCUT2D eigenvalue weighted by molar-refractivity contribution is 5.71. The molecule has 1 unspecified atom stereocenters. The lowest BCUT2D eigenvalue weighted by molar-refractivity contribution is -0.145. The maximum absolute atomic E-state index is 11.7. The highest BCUT2D eigenvalue weighted by Crippen LogP contribution is 2.20. The van der Waals surface area contributed by atoms with Crippen LogP contribution in [0.25, 0.3) is 0 Å². The molecule has 104 valence electrons. The number of piperidine rings is 1. The number of ether oxygens (including phenoxy) is 1. The lowest BCUT2D eigenvalue weighted by Gasteiger charge is -2.43. The zero-order valence-corrected chi connectivity index (χ0v) is 11.6. The molecule has 2 aliphatic rings. The van der Waals surface area contributed by atoms with E-state index in [9.17, 15) is 4.79 Å². The first kappa shape index (κ1) is 13.8. The maximum atomic E-state index is 11.7. The minimum Gasteiger partial charge on any atom is -0.465 e. The van der Waals surface area contributed by atoms with Gasteiger partial charge in [-0.3, -0.25) is 14.6 Å². The van der Waals surface area contributed by atoms with Crippen molar-refractivity contribution in [3.63, 3.8) is 0 Å². The van der Waals surface area contributed by atoms with Gasteiger partial charge in [0.2, 0.25) is 0 Å². The summed E-state index contributed by atoms with van der Waals surface area (Å²) in [5.41, 5.74) is 0. The molecule has 18 heavy (non-hydrogen) atoms. The number of esters is 1. The first-order chi connectivity index (χ1) is 8.79. The smallest absolute Gasteiger partial charge is 0.320 e. The van der Waals surface area contributed by atoms with Gasteiger partial charge in [-0.15, -0.1) is 0 Å². The molecule has 0 aromatic carbocycles. The Bertz CT molecular complexity index is 271. The van der Waals surface area contributed by atoms with E-state index in [1.807, 2.05) is 0 Å². The molecule has 2 heterocycles. The average Bonchev–Trinajstić information content (AvgIpc) is 2.39. The SMILES string of the molecule is CCCCOC(=O)CN1CCN2CCCCC2C1. The highest BCUT2D eigenvalue weighted by atomic mass is 16.5. The largest absolute Gasteiger partial charge is 0.465 e. The van der Waals surface area contributed by atoms with Crippen LogP contribution in [-0.2, 0) is 9.53 Å². The summed E-state index contributed by atoms with van der Waals surface area (Å²) in [7, 11) is 0. The predicted molar refractivity (Wildman–Crippen MR) is 71.5 cm³/mol. The van der Waals surface area contributed by atoms with Crippen LogP contribution >= 0.6 is 0 Å². The van der Waals surface area contributed by atoms with Crippen LogP contribution in [0.4, 0.5) is 0 Å². The Hall–Kier alpha value is -0.610. The maximum Gasteiger partial charge on any atom is 0.320 e. The van der Waals surface area contributed by atoms with E-state index >= 15 is 0 Å². The van der Waals surface area contributed by atoms with E-state index < -0.39 is 0 Å². The van der Waals surface area contributed by atoms with Crippen LogP contribution in [0, 0.1) is 0 Å². The van der Waals surface area contributed by atoms with Gasteiger partial charge in [-0.05, 0) is 25.8 Å². The second-order valence-electron chi connectivity index (χ2n) is 5.49. The Labute approximate surface area is 110 Å². The van der Waals surface area contributed by atoms with E-state index in [1.165, 1.54) is 25.8 Å². The van der Waals surface area contributed by atoms with Crippen LogP contribution in [0.15, 0.2) is 0 Å². The minimum atomic E-state index is -0.0484. The number of carbonyl (C=O) groups excluding carboxylic acids is 1. The van der Waals surface area contributed by atoms with E-state index in [2.05, 4.69) is 16.7 Å². The minimum absolute atomic E-state index is 0.0484. The van der Waals surface area contributed by atoms with Crippen LogP contribution in [0.2, 0.25) is 0 Å². The van der Waals surface area contributed by atoms with Gasteiger partial charge in [-0.25, -0.2) is 0 Å². The molecule has 0 bridgehead atoms. The van der Waals surface area contributed by atoms with Crippen LogP contribution in [0.3, 0.4) is 0 Å². The van der Waals surface area contributed by atoms with E-state index in [0.29, 0.717) is 19.2 Å². The Morgan fingerprint density at radius 1 is 1.28 bits per heavy atom. The molecule has 0 aromatic heterocycles. The van der Waals surface area contributed by atoms with Gasteiger partial charge < -0.3 is 4.74 Å². The summed E-state index contributed by atoms with van der Waals surface area (Å²) in [6.45, 7) is 7.59. The second-order valence-corrected chi connectivity index (χ2v) is 5.49. The molecule has 0 spiro atoms. The first-order valence-electron chi connectivity index (χ1n) is 7.41. The Kier molecular flexibility index (Phi) is 5.45. The number of carbonyl (C=O) groups is 1. The number of hydrogen-bond donors (Lipinski definition) is 0. The molecular weight excluding hydrogens is 228 g/mol. The average molecular weight is 254 g/mol. The zero-order valence-electron chi connectivity index (χ0n) is 11.6. The molecule has 2 aliphatic heterocycles. The van der Waals surface area contributed by atoms with Gasteiger partial charge in [0, 0.05) is 25.7 Å². The molecule has 0 radical (unpaired) electrons. The van der Waals surface area contributed by atoms with Crippen molar-refractivity contribution < 1.29 is 9.53 Å². The summed E-state index contributed by atoms with van der Waals surface area (Å²) in [5.74, 6) is -0.0484. The zero-order chi connectivity index (χ0) is 12.8. The standard InChI is InChI=1S/C14H26N2O2/c1-2-3-10-18-14(17)12-15-8-9-16-7-5-4-6-13(16)11-15/h13H,2-12H2,1H3. The van der Waals surface area contributed by atoms with Crippen LogP contribution < -0.4 is 0 Å². The van der Waals surface area contributed by atoms with Crippen molar-refractivity contribution >= 4 is 5.97 Å². The van der Waals surface area contributed by atoms with Crippen molar-refractivity contribution in [1.82, 2.24) is 9.80 Å². The lowest BCUT2D eigenvalue weighted by Crippen LogP contribution is -2.55. The van der Waals surface area contributed by atoms with E-state index in [0.717, 1.165) is 32.5 Å². The highest BCUT2D eigenvalue weighted by Gasteiger charge is 2.29. The predicted octanol–water partition coefficient (Wildman–Crippen LogP) is 1.50. The van der Waals surface area contributed by atoms with E-state index in [1.54, 1.807) is 0 Å². The van der Waals surface area contributed by atoms with Crippen molar-refractivity contribution in [1.29, 1.82) is 0 Å². The van der Waals surface area contributed by atoms with Crippen molar-refractivity contribution in [2.24, 2.45) is 0 Å². The number of hydrogen-bond acceptors (Lipinski definition) is 4. The topological polar surface area (TPSA) is 32.8 Å². The molecule has 4 nitrogen and oxygen atoms in total. The molecule has 0 aromatic rings. The quantitative estimate of drug-likeness (QED) is 0.550. The number of unbranched alkanes of at least 4 members (excludes halogenated alkanes) is 1. The van der Waals surface area contributed by atoms with Gasteiger partial charge in [0.1, 0.15) is 0 Å². The van der Waals surface area contributed by atoms with Gasteiger partial charge in [0.15, 0.2) is 0 Å². The van der Waals surface area contributed by atoms with Gasteiger partial charge in [0.25, 0.3) is 0 Å². The van der Waals surface area contributed by atoms with Gasteiger partial charge in [0.05, 0.1) is 13.2 Å². The fourth-order valence-electron chi connectivity index (χ4n) is 2.92. The summed E-state index contributed by atoms with van der Waals surface area (Å²) in [6, 6.07) is 0.677. The first-order valence-corrected chi connectivity index (χ1v) is 7.41. The molecule has 0 N–H and O–H groups in total. The summed E-state index contributed by atoms with van der Waals surface area (Å²) in [4.78, 5) is 16.5. The lowest BCUT2D eigenvalue weighted by atomic mass is 9.99. The van der Waals surface area contributed by atoms with Gasteiger partial charge in [-0.2, -0.15) is 0 Å². The summed E-state index contributed by atoms with van der Waals surface area (Å²) < 4.78 is 5.23. The van der Waals surface area contributed by atoms with Crippen molar-refractivity contribution in [2.45, 2.75) is 45.1 Å². The molecule has 0 amide bonds. The third-order valence-electron chi connectivity index (χ3n) is 4.04. The molecule has 2 fully saturated rings. The van der Waals surface area contributed by atoms with Gasteiger partial charge in [-0.1, -0.05) is 19.8 Å². The van der Waals surface area contributed by atoms with Crippen molar-refractivity contribution in [2.75, 3.05) is 39.3 Å². The third-order valence-corrected chi connectivity index (χ3v) is 4.04. The normalized spacial score (nSPS) is 25.7. The summed E-state index contributed by atoms with van der Waals surface area (Å²) >= 11 is 0. The fraction of sp³-hybridized carbons (Fsp3) is 0.929. The second kappa shape index (κ2) is 7.10. The van der Waals surface area contributed by atoms with Crippen molar-refractivity contribution in [3.05, 3.63) is 0 Å². The van der Waals surface area contributed by atoms with Gasteiger partial charge >= 0.3 is 5.97 Å². The molecule has 2 saturated heterocycles. The van der Waals surface area contributed by atoms with Crippen LogP contribution in [0.1, 0.15) is 39.0 Å². The Morgan fingerprint density at radius 3 is 3.00 bits per heavy atom. The molecule has 0 saturated carbocycles. The number of piperazine rings is 1. The molecule has 4 heteroatoms. The number of fused-ring (bicyclic) bond motifs is 1. The Balaban J connectivity index is 1.69. The number of nitrogens with zero attached hydrogens (tertiary/aromatic N) is 2. The molecule has 1 atom stereocenters. The number of rotatable bonds is 5. The van der Waals surface area contributed by atoms with Crippen LogP contribution in [0.5, 0.6) is 0 Å².